The molecule has 0 saturated carbocycles. The van der Waals surface area contributed by atoms with E-state index in [0.717, 1.165) is 5.56 Å². The zero-order chi connectivity index (χ0) is 17.2. The number of aliphatic hydroxyl groups excluding tert-OH is 1. The van der Waals surface area contributed by atoms with Crippen LogP contribution < -0.4 is 5.32 Å². The lowest BCUT2D eigenvalue weighted by Gasteiger charge is -2.14. The van der Waals surface area contributed by atoms with Crippen molar-refractivity contribution in [2.24, 2.45) is 0 Å². The molecule has 4 rings (SSSR count). The molecule has 4 aromatic rings. The molecule has 0 bridgehead atoms. The van der Waals surface area contributed by atoms with Crippen molar-refractivity contribution in [1.29, 1.82) is 0 Å². The molecule has 1 aromatic carbocycles. The molecule has 3 aromatic heterocycles. The zero-order valence-electron chi connectivity index (χ0n) is 13.0. The van der Waals surface area contributed by atoms with E-state index < -0.39 is 6.10 Å². The summed E-state index contributed by atoms with van der Waals surface area (Å²) < 4.78 is 1.69. The van der Waals surface area contributed by atoms with E-state index in [1.165, 1.54) is 0 Å². The van der Waals surface area contributed by atoms with E-state index in [4.69, 9.17) is 11.6 Å². The van der Waals surface area contributed by atoms with E-state index in [9.17, 15) is 5.11 Å². The number of hydrogen-bond donors (Lipinski definition) is 2. The number of nitrogens with one attached hydrogen (secondary N) is 1. The molecule has 0 aliphatic carbocycles. The average Bonchev–Trinajstić information content (AvgIpc) is 3.29. The predicted octanol–water partition coefficient (Wildman–Crippen LogP) is 3.65. The minimum absolute atomic E-state index is 0.290. The highest BCUT2D eigenvalue weighted by atomic mass is 35.5. The summed E-state index contributed by atoms with van der Waals surface area (Å²) in [7, 11) is 0. The number of hydrogen-bond acceptors (Lipinski definition) is 6. The highest BCUT2D eigenvalue weighted by Gasteiger charge is 2.13. The van der Waals surface area contributed by atoms with E-state index in [1.807, 2.05) is 35.0 Å². The van der Waals surface area contributed by atoms with Gasteiger partial charge in [0.25, 0.3) is 0 Å². The summed E-state index contributed by atoms with van der Waals surface area (Å²) >= 11 is 7.71. The summed E-state index contributed by atoms with van der Waals surface area (Å²) in [5, 5.41) is 30.8. The standard InChI is InChI=1S/C17H14ClN5OS/c18-13-4-2-1-3-12(13)14(24)9-19-15-5-6-16-20-21-17(23(16)22-15)11-7-8-25-10-11/h1-8,10,14,24H,9H2,(H,19,22). The van der Waals surface area contributed by atoms with E-state index in [-0.39, 0.29) is 6.54 Å². The minimum Gasteiger partial charge on any atom is -0.387 e. The van der Waals surface area contributed by atoms with Crippen LogP contribution in [-0.4, -0.2) is 31.5 Å². The molecule has 2 N–H and O–H groups in total. The molecule has 0 radical (unpaired) electrons. The molecule has 0 aliphatic rings. The van der Waals surface area contributed by atoms with Gasteiger partial charge in [0.1, 0.15) is 5.82 Å². The van der Waals surface area contributed by atoms with Gasteiger partial charge < -0.3 is 10.4 Å². The van der Waals surface area contributed by atoms with Crippen molar-refractivity contribution in [2.45, 2.75) is 6.10 Å². The number of rotatable bonds is 5. The topological polar surface area (TPSA) is 75.3 Å². The van der Waals surface area contributed by atoms with E-state index in [2.05, 4.69) is 20.6 Å². The first kappa shape index (κ1) is 16.0. The first-order chi connectivity index (χ1) is 12.2. The van der Waals surface area contributed by atoms with Crippen LogP contribution in [0.3, 0.4) is 0 Å². The van der Waals surface area contributed by atoms with Crippen molar-refractivity contribution < 1.29 is 5.11 Å². The Labute approximate surface area is 152 Å². The summed E-state index contributed by atoms with van der Waals surface area (Å²) in [6.07, 6.45) is -0.733. The Bertz CT molecular complexity index is 1000. The predicted molar refractivity (Wildman–Crippen MR) is 99.0 cm³/mol. The molecule has 0 spiro atoms. The molecule has 0 amide bonds. The Morgan fingerprint density at radius 3 is 2.84 bits per heavy atom. The van der Waals surface area contributed by atoms with Gasteiger partial charge >= 0.3 is 0 Å². The Morgan fingerprint density at radius 1 is 1.16 bits per heavy atom. The van der Waals surface area contributed by atoms with Gasteiger partial charge in [-0.15, -0.1) is 15.3 Å². The number of aliphatic hydroxyl groups is 1. The molecule has 3 heterocycles. The molecule has 0 aliphatic heterocycles. The fourth-order valence-electron chi connectivity index (χ4n) is 2.51. The third-order valence-corrected chi connectivity index (χ3v) is 4.81. The monoisotopic (exact) mass is 371 g/mol. The van der Waals surface area contributed by atoms with Crippen LogP contribution >= 0.6 is 22.9 Å². The van der Waals surface area contributed by atoms with Crippen molar-refractivity contribution in [1.82, 2.24) is 19.8 Å². The Morgan fingerprint density at radius 2 is 2.04 bits per heavy atom. The first-order valence-electron chi connectivity index (χ1n) is 7.64. The minimum atomic E-state index is -0.733. The van der Waals surface area contributed by atoms with Crippen molar-refractivity contribution in [3.8, 4) is 11.4 Å². The molecular weight excluding hydrogens is 358 g/mol. The second-order valence-corrected chi connectivity index (χ2v) is 6.63. The van der Waals surface area contributed by atoms with Gasteiger partial charge in [0.15, 0.2) is 11.5 Å². The van der Waals surface area contributed by atoms with Crippen molar-refractivity contribution >= 4 is 34.4 Å². The van der Waals surface area contributed by atoms with Gasteiger partial charge in [-0.05, 0) is 29.6 Å². The molecule has 25 heavy (non-hydrogen) atoms. The highest BCUT2D eigenvalue weighted by Crippen LogP contribution is 2.23. The van der Waals surface area contributed by atoms with Crippen LogP contribution in [-0.2, 0) is 0 Å². The lowest BCUT2D eigenvalue weighted by molar-refractivity contribution is 0.191. The van der Waals surface area contributed by atoms with Crippen LogP contribution in [0, 0.1) is 0 Å². The number of benzene rings is 1. The van der Waals surface area contributed by atoms with Crippen LogP contribution in [0.15, 0.2) is 53.2 Å². The quantitative estimate of drug-likeness (QED) is 0.560. The molecule has 0 fully saturated rings. The fourth-order valence-corrected chi connectivity index (χ4v) is 3.41. The largest absolute Gasteiger partial charge is 0.387 e. The van der Waals surface area contributed by atoms with Gasteiger partial charge in [0, 0.05) is 28.1 Å². The van der Waals surface area contributed by atoms with Crippen molar-refractivity contribution in [3.63, 3.8) is 0 Å². The number of anilines is 1. The third-order valence-electron chi connectivity index (χ3n) is 3.78. The van der Waals surface area contributed by atoms with Gasteiger partial charge in [-0.3, -0.25) is 0 Å². The summed E-state index contributed by atoms with van der Waals surface area (Å²) in [5.41, 5.74) is 2.32. The molecule has 8 heteroatoms. The van der Waals surface area contributed by atoms with Gasteiger partial charge in [0.2, 0.25) is 0 Å². The number of thiophene rings is 1. The highest BCUT2D eigenvalue weighted by molar-refractivity contribution is 7.08. The van der Waals surface area contributed by atoms with Crippen LogP contribution in [0.2, 0.25) is 5.02 Å². The van der Waals surface area contributed by atoms with Gasteiger partial charge in [-0.2, -0.15) is 15.9 Å². The normalized spacial score (nSPS) is 12.4. The Hall–Kier alpha value is -2.48. The SMILES string of the molecule is OC(CNc1ccc2nnc(-c3ccsc3)n2n1)c1ccccc1Cl. The molecule has 6 nitrogen and oxygen atoms in total. The first-order valence-corrected chi connectivity index (χ1v) is 8.96. The fraction of sp³-hybridized carbons (Fsp3) is 0.118. The average molecular weight is 372 g/mol. The zero-order valence-corrected chi connectivity index (χ0v) is 14.6. The van der Waals surface area contributed by atoms with E-state index >= 15 is 0 Å². The summed E-state index contributed by atoms with van der Waals surface area (Å²) in [4.78, 5) is 0. The van der Waals surface area contributed by atoms with Crippen LogP contribution in [0.1, 0.15) is 11.7 Å². The Kier molecular flexibility index (Phi) is 4.35. The number of aromatic nitrogens is 4. The molecule has 1 atom stereocenters. The molecule has 1 unspecified atom stereocenters. The van der Waals surface area contributed by atoms with Gasteiger partial charge in [-0.25, -0.2) is 0 Å². The lowest BCUT2D eigenvalue weighted by Crippen LogP contribution is -2.14. The smallest absolute Gasteiger partial charge is 0.186 e. The Balaban J connectivity index is 1.56. The number of nitrogens with zero attached hydrogens (tertiary/aromatic N) is 4. The molecule has 126 valence electrons. The summed E-state index contributed by atoms with van der Waals surface area (Å²) in [5.74, 6) is 1.31. The maximum absolute atomic E-state index is 10.3. The maximum atomic E-state index is 10.3. The molecular formula is C17H14ClN5OS. The lowest BCUT2D eigenvalue weighted by atomic mass is 10.1. The van der Waals surface area contributed by atoms with Crippen LogP contribution in [0.4, 0.5) is 5.82 Å². The second kappa shape index (κ2) is 6.79. The summed E-state index contributed by atoms with van der Waals surface area (Å²) in [6, 6.07) is 12.9. The van der Waals surface area contributed by atoms with Gasteiger partial charge in [0.05, 0.1) is 6.10 Å². The van der Waals surface area contributed by atoms with E-state index in [0.29, 0.717) is 27.9 Å². The summed E-state index contributed by atoms with van der Waals surface area (Å²) in [6.45, 7) is 0.290. The number of fused-ring (bicyclic) bond motifs is 1. The second-order valence-electron chi connectivity index (χ2n) is 5.44. The van der Waals surface area contributed by atoms with Crippen LogP contribution in [0.5, 0.6) is 0 Å². The number of halogens is 1. The van der Waals surface area contributed by atoms with Crippen molar-refractivity contribution in [3.05, 3.63) is 63.8 Å². The van der Waals surface area contributed by atoms with Crippen molar-refractivity contribution in [2.75, 3.05) is 11.9 Å². The van der Waals surface area contributed by atoms with Gasteiger partial charge in [-0.1, -0.05) is 29.8 Å². The maximum Gasteiger partial charge on any atom is 0.186 e. The third kappa shape index (κ3) is 3.21. The van der Waals surface area contributed by atoms with Crippen LogP contribution in [0.25, 0.3) is 17.0 Å². The molecule has 0 saturated heterocycles. The van der Waals surface area contributed by atoms with E-state index in [1.54, 1.807) is 34.1 Å².